The van der Waals surface area contributed by atoms with E-state index in [0.29, 0.717) is 30.5 Å². The van der Waals surface area contributed by atoms with Gasteiger partial charge in [0, 0.05) is 31.8 Å². The smallest absolute Gasteiger partial charge is 0.246 e. The monoisotopic (exact) mass is 437 g/mol. The minimum atomic E-state index is 0. The number of thiophene rings is 1. The molecular weight excluding hydrogens is 410 g/mol. The summed E-state index contributed by atoms with van der Waals surface area (Å²) in [5, 5.41) is 4.84. The van der Waals surface area contributed by atoms with Crippen molar-refractivity contribution in [3.63, 3.8) is 0 Å². The van der Waals surface area contributed by atoms with Crippen LogP contribution in [0.1, 0.15) is 36.3 Å². The number of hydrogen-bond acceptors (Lipinski definition) is 5. The normalized spacial score (nSPS) is 21.9. The van der Waals surface area contributed by atoms with E-state index in [1.54, 1.807) is 30.7 Å². The number of fused-ring (bicyclic) bond motifs is 2. The van der Waals surface area contributed by atoms with E-state index in [0.717, 1.165) is 36.4 Å². The van der Waals surface area contributed by atoms with Crippen LogP contribution in [0.15, 0.2) is 35.9 Å². The number of likely N-dealkylation sites (tertiary alicyclic amines) is 1. The minimum absolute atomic E-state index is 0. The molecule has 2 atom stereocenters. The Morgan fingerprint density at radius 3 is 3.03 bits per heavy atom. The Hall–Kier alpha value is -2.93. The Kier molecular flexibility index (Phi) is 5.96. The van der Waals surface area contributed by atoms with Crippen LogP contribution in [0.4, 0.5) is 5.82 Å². The summed E-state index contributed by atoms with van der Waals surface area (Å²) in [5.74, 6) is 2.52. The summed E-state index contributed by atoms with van der Waals surface area (Å²) in [4.78, 5) is 31.6. The van der Waals surface area contributed by atoms with Gasteiger partial charge in [-0.25, -0.2) is 4.98 Å². The van der Waals surface area contributed by atoms with Crippen molar-refractivity contribution in [3.05, 3.63) is 51.9 Å². The quantitative estimate of drug-likeness (QED) is 0.726. The maximum absolute atomic E-state index is 12.7. The fourth-order valence-electron chi connectivity index (χ4n) is 4.59. The summed E-state index contributed by atoms with van der Waals surface area (Å²) < 4.78 is 5.46. The molecule has 162 valence electrons. The van der Waals surface area contributed by atoms with Crippen LogP contribution in [0.3, 0.4) is 0 Å². The lowest BCUT2D eigenvalue weighted by Crippen LogP contribution is -2.27. The Balaban J connectivity index is 0.00000231. The fourth-order valence-corrected chi connectivity index (χ4v) is 5.49. The maximum atomic E-state index is 12.7. The van der Waals surface area contributed by atoms with Gasteiger partial charge in [0.25, 0.3) is 0 Å². The summed E-state index contributed by atoms with van der Waals surface area (Å²) >= 11 is 1.72. The van der Waals surface area contributed by atoms with Crippen LogP contribution >= 0.6 is 11.3 Å². The number of aryl methyl sites for hydroxylation is 1. The second-order valence-corrected chi connectivity index (χ2v) is 8.96. The second-order valence-electron chi connectivity index (χ2n) is 8.04. The molecule has 0 bridgehead atoms. The van der Waals surface area contributed by atoms with Crippen molar-refractivity contribution in [2.45, 2.75) is 26.7 Å². The van der Waals surface area contributed by atoms with Gasteiger partial charge in [-0.05, 0) is 65.0 Å². The van der Waals surface area contributed by atoms with Crippen molar-refractivity contribution in [3.8, 4) is 5.75 Å². The predicted octanol–water partition coefficient (Wildman–Crippen LogP) is 4.25. The molecule has 0 radical (unpaired) electrons. The first-order valence-electron chi connectivity index (χ1n) is 10.2. The van der Waals surface area contributed by atoms with Gasteiger partial charge in [-0.3, -0.25) is 9.59 Å². The van der Waals surface area contributed by atoms with Gasteiger partial charge in [0.05, 0.1) is 12.0 Å². The number of anilines is 1. The van der Waals surface area contributed by atoms with E-state index in [2.05, 4.69) is 21.8 Å². The molecule has 1 saturated heterocycles. The van der Waals surface area contributed by atoms with Crippen LogP contribution in [0.25, 0.3) is 11.6 Å². The van der Waals surface area contributed by atoms with Gasteiger partial charge in [0.2, 0.25) is 11.8 Å². The number of hydrogen-bond donors (Lipinski definition) is 1. The summed E-state index contributed by atoms with van der Waals surface area (Å²) in [7, 11) is 1.71. The van der Waals surface area contributed by atoms with E-state index < -0.39 is 0 Å². The van der Waals surface area contributed by atoms with Crippen molar-refractivity contribution >= 4 is 40.6 Å². The van der Waals surface area contributed by atoms with Gasteiger partial charge < -0.3 is 15.0 Å². The van der Waals surface area contributed by atoms with Gasteiger partial charge in [0.15, 0.2) is 0 Å². The van der Waals surface area contributed by atoms with E-state index >= 15 is 0 Å². The van der Waals surface area contributed by atoms with Crippen molar-refractivity contribution in [1.29, 1.82) is 0 Å². The number of amides is 2. The third-order valence-corrected chi connectivity index (χ3v) is 7.10. The Morgan fingerprint density at radius 1 is 1.35 bits per heavy atom. The van der Waals surface area contributed by atoms with Crippen LogP contribution in [0, 0.1) is 11.8 Å². The first-order chi connectivity index (χ1) is 14.6. The second kappa shape index (κ2) is 8.67. The molecule has 7 heteroatoms. The first kappa shape index (κ1) is 21.3. The highest BCUT2D eigenvalue weighted by Gasteiger charge is 2.38. The number of ether oxygens (including phenoxy) is 1. The highest BCUT2D eigenvalue weighted by Crippen LogP contribution is 2.45. The zero-order valence-corrected chi connectivity index (χ0v) is 17.6. The molecule has 0 spiro atoms. The average molecular weight is 438 g/mol. The molecule has 1 fully saturated rings. The van der Waals surface area contributed by atoms with Crippen LogP contribution < -0.4 is 10.1 Å². The molecular formula is C24H27N3O3S. The number of nitrogens with zero attached hydrogens (tertiary/aromatic N) is 2. The predicted molar refractivity (Wildman–Crippen MR) is 124 cm³/mol. The average Bonchev–Trinajstić information content (AvgIpc) is 3.45. The molecule has 1 aliphatic carbocycles. The van der Waals surface area contributed by atoms with E-state index in [4.69, 9.17) is 4.74 Å². The molecule has 5 rings (SSSR count). The van der Waals surface area contributed by atoms with Gasteiger partial charge in [0.1, 0.15) is 11.6 Å². The number of allylic oxidation sites excluding steroid dienone is 1. The molecule has 0 aromatic carbocycles. The van der Waals surface area contributed by atoms with Crippen molar-refractivity contribution in [2.24, 2.45) is 11.8 Å². The molecule has 4 heterocycles. The van der Waals surface area contributed by atoms with Crippen LogP contribution in [-0.2, 0) is 16.0 Å². The zero-order chi connectivity index (χ0) is 20.7. The molecule has 31 heavy (non-hydrogen) atoms. The SMILES string of the molecule is C.COc1ccsc1C1=CC2CN(C(=O)/C=C/c3cnc4c(c3)CCC(=O)N4)CC2C1. The van der Waals surface area contributed by atoms with E-state index in [-0.39, 0.29) is 19.2 Å². The maximum Gasteiger partial charge on any atom is 0.246 e. The fraction of sp³-hybridized carbons (Fsp3) is 0.375. The van der Waals surface area contributed by atoms with Crippen LogP contribution in [0.2, 0.25) is 0 Å². The number of rotatable bonds is 4. The molecule has 2 aliphatic heterocycles. The molecule has 2 aromatic heterocycles. The van der Waals surface area contributed by atoms with Crippen molar-refractivity contribution in [1.82, 2.24) is 9.88 Å². The Morgan fingerprint density at radius 2 is 2.23 bits per heavy atom. The number of methoxy groups -OCH3 is 1. The summed E-state index contributed by atoms with van der Waals surface area (Å²) in [6.07, 6.45) is 9.63. The topological polar surface area (TPSA) is 71.5 Å². The van der Waals surface area contributed by atoms with Crippen LogP contribution in [-0.4, -0.2) is 41.9 Å². The largest absolute Gasteiger partial charge is 0.495 e. The molecule has 0 saturated carbocycles. The van der Waals surface area contributed by atoms with Gasteiger partial charge in [-0.1, -0.05) is 13.5 Å². The molecule has 3 aliphatic rings. The van der Waals surface area contributed by atoms with E-state index in [1.807, 2.05) is 23.1 Å². The highest BCUT2D eigenvalue weighted by molar-refractivity contribution is 7.11. The van der Waals surface area contributed by atoms with Crippen LogP contribution in [0.5, 0.6) is 5.75 Å². The molecule has 6 nitrogen and oxygen atoms in total. The number of carbonyl (C=O) groups is 2. The van der Waals surface area contributed by atoms with E-state index in [1.165, 1.54) is 10.5 Å². The first-order valence-corrected chi connectivity index (χ1v) is 11.1. The van der Waals surface area contributed by atoms with E-state index in [9.17, 15) is 9.59 Å². The summed E-state index contributed by atoms with van der Waals surface area (Å²) in [5.41, 5.74) is 3.25. The molecule has 1 N–H and O–H groups in total. The summed E-state index contributed by atoms with van der Waals surface area (Å²) in [6, 6.07) is 4.01. The zero-order valence-electron chi connectivity index (χ0n) is 16.8. The van der Waals surface area contributed by atoms with Crippen molar-refractivity contribution in [2.75, 3.05) is 25.5 Å². The molecule has 2 aromatic rings. The Labute approximate surface area is 186 Å². The minimum Gasteiger partial charge on any atom is -0.495 e. The molecule has 2 amide bonds. The summed E-state index contributed by atoms with van der Waals surface area (Å²) in [6.45, 7) is 1.55. The number of aromatic nitrogens is 1. The number of pyridine rings is 1. The standard InChI is InChI=1S/C23H23N3O3S.CH4/c1-29-19-6-7-30-22(19)16-9-17-12-26(13-18(17)10-16)21(28)5-2-14-8-15-3-4-20(27)25-23(15)24-11-14;/h2,5-9,11,17-18H,3-4,10,12-13H2,1H3,(H,24,25,27);1H4/b5-2+;. The number of nitrogens with one attached hydrogen (secondary N) is 1. The molecule has 2 unspecified atom stereocenters. The van der Waals surface area contributed by atoms with Gasteiger partial charge in [-0.15, -0.1) is 11.3 Å². The Bertz CT molecular complexity index is 1070. The lowest BCUT2D eigenvalue weighted by Gasteiger charge is -2.16. The third-order valence-electron chi connectivity index (χ3n) is 6.13. The third kappa shape index (κ3) is 4.14. The highest BCUT2D eigenvalue weighted by atomic mass is 32.1. The lowest BCUT2D eigenvalue weighted by molar-refractivity contribution is -0.125. The number of carbonyl (C=O) groups excluding carboxylic acids is 2. The van der Waals surface area contributed by atoms with Gasteiger partial charge >= 0.3 is 0 Å². The van der Waals surface area contributed by atoms with Gasteiger partial charge in [-0.2, -0.15) is 0 Å². The van der Waals surface area contributed by atoms with Crippen molar-refractivity contribution < 1.29 is 14.3 Å². The lowest BCUT2D eigenvalue weighted by atomic mass is 10.00.